The van der Waals surface area contributed by atoms with Gasteiger partial charge in [-0.1, -0.05) is 31.5 Å². The molecule has 0 unspecified atom stereocenters. The van der Waals surface area contributed by atoms with E-state index in [0.717, 1.165) is 4.90 Å². The van der Waals surface area contributed by atoms with Crippen LogP contribution in [0, 0.1) is 0 Å². The number of nitrogens with two attached hydrogens (primary N) is 1. The lowest BCUT2D eigenvalue weighted by Crippen LogP contribution is -2.13. The van der Waals surface area contributed by atoms with Crippen LogP contribution < -0.4 is 5.73 Å². The van der Waals surface area contributed by atoms with Gasteiger partial charge in [0, 0.05) is 15.7 Å². The monoisotopic (exact) mass is 243 g/mol. The number of halogens is 1. The Morgan fingerprint density at radius 2 is 2.20 bits per heavy atom. The summed E-state index contributed by atoms with van der Waals surface area (Å²) >= 11 is 7.74. The maximum Gasteiger partial charge on any atom is 0.176 e. The molecule has 1 aromatic rings. The molecule has 0 aliphatic carbocycles. The van der Waals surface area contributed by atoms with Crippen LogP contribution in [0.4, 0.5) is 0 Å². The van der Waals surface area contributed by atoms with Gasteiger partial charge in [-0.15, -0.1) is 11.8 Å². The number of Topliss-reactive ketones (excluding diaryl/α,β-unsaturated/α-hetero) is 1. The highest BCUT2D eigenvalue weighted by Crippen LogP contribution is 2.30. The van der Waals surface area contributed by atoms with Crippen LogP contribution in [0.1, 0.15) is 24.2 Å². The summed E-state index contributed by atoms with van der Waals surface area (Å²) in [5.41, 5.74) is 5.85. The molecular formula is C11H14ClNOS. The molecule has 0 saturated carbocycles. The second-order valence-electron chi connectivity index (χ2n) is 3.44. The van der Waals surface area contributed by atoms with Crippen molar-refractivity contribution in [2.24, 2.45) is 5.73 Å². The van der Waals surface area contributed by atoms with Crippen LogP contribution in [0.15, 0.2) is 23.1 Å². The molecule has 0 radical (unpaired) electrons. The molecule has 0 aliphatic heterocycles. The fourth-order valence-corrected chi connectivity index (χ4v) is 2.28. The zero-order chi connectivity index (χ0) is 11.4. The second kappa shape index (κ2) is 5.54. The predicted molar refractivity (Wildman–Crippen MR) is 65.8 cm³/mol. The largest absolute Gasteiger partial charge is 0.324 e. The molecule has 0 saturated heterocycles. The molecule has 0 fully saturated rings. The zero-order valence-electron chi connectivity index (χ0n) is 8.79. The first-order chi connectivity index (χ1) is 7.04. The minimum absolute atomic E-state index is 0.0208. The van der Waals surface area contributed by atoms with Crippen LogP contribution >= 0.6 is 23.4 Å². The molecule has 1 rings (SSSR count). The molecular weight excluding hydrogens is 230 g/mol. The molecule has 0 atom stereocenters. The van der Waals surface area contributed by atoms with E-state index in [1.165, 1.54) is 0 Å². The molecule has 0 heterocycles. The van der Waals surface area contributed by atoms with Crippen molar-refractivity contribution in [3.05, 3.63) is 28.8 Å². The summed E-state index contributed by atoms with van der Waals surface area (Å²) in [6.45, 7) is 4.22. The first kappa shape index (κ1) is 12.6. The van der Waals surface area contributed by atoms with Crippen molar-refractivity contribution < 1.29 is 4.79 Å². The van der Waals surface area contributed by atoms with Gasteiger partial charge < -0.3 is 5.73 Å². The van der Waals surface area contributed by atoms with Gasteiger partial charge in [-0.25, -0.2) is 0 Å². The number of ketones is 1. The Kier molecular flexibility index (Phi) is 4.64. The van der Waals surface area contributed by atoms with E-state index < -0.39 is 0 Å². The Balaban J connectivity index is 2.93. The fraction of sp³-hybridized carbons (Fsp3) is 0.364. The van der Waals surface area contributed by atoms with Gasteiger partial charge in [0.2, 0.25) is 0 Å². The summed E-state index contributed by atoms with van der Waals surface area (Å²) in [5, 5.41) is 1.09. The van der Waals surface area contributed by atoms with E-state index in [0.29, 0.717) is 15.8 Å². The van der Waals surface area contributed by atoms with Crippen molar-refractivity contribution in [3.63, 3.8) is 0 Å². The Morgan fingerprint density at radius 1 is 1.53 bits per heavy atom. The van der Waals surface area contributed by atoms with E-state index in [1.807, 2.05) is 6.07 Å². The Morgan fingerprint density at radius 3 is 2.67 bits per heavy atom. The zero-order valence-corrected chi connectivity index (χ0v) is 10.4. The van der Waals surface area contributed by atoms with Crippen LogP contribution in [0.3, 0.4) is 0 Å². The molecule has 1 aromatic carbocycles. The van der Waals surface area contributed by atoms with E-state index in [9.17, 15) is 4.79 Å². The average Bonchev–Trinajstić information content (AvgIpc) is 2.19. The molecule has 0 aliphatic rings. The van der Waals surface area contributed by atoms with E-state index >= 15 is 0 Å². The number of rotatable bonds is 4. The van der Waals surface area contributed by atoms with Crippen molar-refractivity contribution in [1.82, 2.24) is 0 Å². The van der Waals surface area contributed by atoms with Gasteiger partial charge in [-0.3, -0.25) is 4.79 Å². The van der Waals surface area contributed by atoms with Crippen molar-refractivity contribution in [2.45, 2.75) is 24.0 Å². The summed E-state index contributed by atoms with van der Waals surface area (Å²) in [4.78, 5) is 12.3. The smallest absolute Gasteiger partial charge is 0.176 e. The third-order valence-electron chi connectivity index (χ3n) is 1.80. The van der Waals surface area contributed by atoms with Gasteiger partial charge in [0.25, 0.3) is 0 Å². The Hall–Kier alpha value is -0.510. The Bertz CT molecular complexity index is 366. The molecule has 0 bridgehead atoms. The van der Waals surface area contributed by atoms with Crippen LogP contribution in [0.2, 0.25) is 5.02 Å². The lowest BCUT2D eigenvalue weighted by atomic mass is 10.1. The first-order valence-corrected chi connectivity index (χ1v) is 6.00. The van der Waals surface area contributed by atoms with Gasteiger partial charge in [-0.2, -0.15) is 0 Å². The molecule has 0 aromatic heterocycles. The molecule has 0 amide bonds. The van der Waals surface area contributed by atoms with Crippen LogP contribution in [0.25, 0.3) is 0 Å². The summed E-state index contributed by atoms with van der Waals surface area (Å²) in [7, 11) is 0. The topological polar surface area (TPSA) is 43.1 Å². The van der Waals surface area contributed by atoms with Crippen molar-refractivity contribution >= 4 is 29.1 Å². The SMILES string of the molecule is CC(C)Sc1ccc(C(=O)CN)cc1Cl. The molecule has 0 spiro atoms. The molecule has 4 heteroatoms. The first-order valence-electron chi connectivity index (χ1n) is 4.74. The van der Waals surface area contributed by atoms with E-state index in [1.54, 1.807) is 23.9 Å². The average molecular weight is 244 g/mol. The van der Waals surface area contributed by atoms with Gasteiger partial charge in [-0.05, 0) is 12.1 Å². The molecule has 2 N–H and O–H groups in total. The van der Waals surface area contributed by atoms with E-state index in [-0.39, 0.29) is 12.3 Å². The standard InChI is InChI=1S/C11H14ClNOS/c1-7(2)15-11-4-3-8(5-9(11)12)10(14)6-13/h3-5,7H,6,13H2,1-2H3. The highest BCUT2D eigenvalue weighted by atomic mass is 35.5. The van der Waals surface area contributed by atoms with Gasteiger partial charge in [0.1, 0.15) is 0 Å². The molecule has 2 nitrogen and oxygen atoms in total. The summed E-state index contributed by atoms with van der Waals surface area (Å²) in [6, 6.07) is 5.32. The van der Waals surface area contributed by atoms with Gasteiger partial charge in [0.15, 0.2) is 5.78 Å². The summed E-state index contributed by atoms with van der Waals surface area (Å²) in [6.07, 6.45) is 0. The van der Waals surface area contributed by atoms with Crippen molar-refractivity contribution in [2.75, 3.05) is 6.54 Å². The number of hydrogen-bond acceptors (Lipinski definition) is 3. The fourth-order valence-electron chi connectivity index (χ4n) is 1.14. The van der Waals surface area contributed by atoms with Crippen molar-refractivity contribution in [3.8, 4) is 0 Å². The van der Waals surface area contributed by atoms with Crippen LogP contribution in [0.5, 0.6) is 0 Å². The lowest BCUT2D eigenvalue weighted by Gasteiger charge is -2.08. The highest BCUT2D eigenvalue weighted by Gasteiger charge is 2.08. The molecule has 15 heavy (non-hydrogen) atoms. The quantitative estimate of drug-likeness (QED) is 0.653. The summed E-state index contributed by atoms with van der Waals surface area (Å²) in [5.74, 6) is -0.0852. The highest BCUT2D eigenvalue weighted by molar-refractivity contribution is 8.00. The van der Waals surface area contributed by atoms with Gasteiger partial charge >= 0.3 is 0 Å². The van der Waals surface area contributed by atoms with Crippen molar-refractivity contribution in [1.29, 1.82) is 0 Å². The third kappa shape index (κ3) is 3.52. The predicted octanol–water partition coefficient (Wildman–Crippen LogP) is 2.98. The maximum absolute atomic E-state index is 11.3. The number of hydrogen-bond donors (Lipinski definition) is 1. The normalized spacial score (nSPS) is 10.7. The van der Waals surface area contributed by atoms with Crippen LogP contribution in [-0.4, -0.2) is 17.6 Å². The molecule has 82 valence electrons. The summed E-state index contributed by atoms with van der Waals surface area (Å²) < 4.78 is 0. The van der Waals surface area contributed by atoms with Gasteiger partial charge in [0.05, 0.1) is 11.6 Å². The number of carbonyl (C=O) groups excluding carboxylic acids is 1. The second-order valence-corrected chi connectivity index (χ2v) is 5.46. The lowest BCUT2D eigenvalue weighted by molar-refractivity contribution is 0.100. The van der Waals surface area contributed by atoms with Crippen LogP contribution in [-0.2, 0) is 0 Å². The number of carbonyl (C=O) groups is 1. The van der Waals surface area contributed by atoms with E-state index in [4.69, 9.17) is 17.3 Å². The third-order valence-corrected chi connectivity index (χ3v) is 3.31. The maximum atomic E-state index is 11.3. The minimum atomic E-state index is -0.0852. The minimum Gasteiger partial charge on any atom is -0.324 e. The number of benzene rings is 1. The number of thioether (sulfide) groups is 1. The van der Waals surface area contributed by atoms with E-state index in [2.05, 4.69) is 13.8 Å². The Labute approximate surface area is 99.2 Å².